The molecular weight excluding hydrogens is 346 g/mol. The molecule has 0 radical (unpaired) electrons. The van der Waals surface area contributed by atoms with Gasteiger partial charge >= 0.3 is 0 Å². The lowest BCUT2D eigenvalue weighted by Crippen LogP contribution is -2.29. The normalized spacial score (nSPS) is 25.1. The summed E-state index contributed by atoms with van der Waals surface area (Å²) in [6.07, 6.45) is 4.32. The highest BCUT2D eigenvalue weighted by Crippen LogP contribution is 2.54. The topological polar surface area (TPSA) is 31.4 Å². The highest BCUT2D eigenvalue weighted by Gasteiger charge is 2.51. The predicted octanol–water partition coefficient (Wildman–Crippen LogP) is 5.60. The first-order chi connectivity index (χ1) is 12.7. The molecule has 1 aromatic heterocycles. The first kappa shape index (κ1) is 17.0. The Labute approximate surface area is 157 Å². The van der Waals surface area contributed by atoms with Crippen molar-refractivity contribution < 1.29 is 9.47 Å². The Balaban J connectivity index is 1.85. The number of ether oxygens (including phenoxy) is 2. The minimum atomic E-state index is -0.889. The van der Waals surface area contributed by atoms with Crippen molar-refractivity contribution >= 4 is 11.6 Å². The third kappa shape index (κ3) is 2.84. The van der Waals surface area contributed by atoms with Crippen LogP contribution in [0.1, 0.15) is 29.1 Å². The summed E-state index contributed by atoms with van der Waals surface area (Å²) in [5, 5.41) is 0.630. The Bertz CT molecular complexity index is 900. The largest absolute Gasteiger partial charge is 0.336 e. The van der Waals surface area contributed by atoms with Crippen LogP contribution in [0.25, 0.3) is 0 Å². The van der Waals surface area contributed by atoms with Gasteiger partial charge in [-0.1, -0.05) is 78.9 Å². The summed E-state index contributed by atoms with van der Waals surface area (Å²) in [6, 6.07) is 21.4. The van der Waals surface area contributed by atoms with E-state index in [1.165, 1.54) is 0 Å². The average molecular weight is 364 g/mol. The average Bonchev–Trinajstić information content (AvgIpc) is 3.10. The van der Waals surface area contributed by atoms with E-state index in [0.29, 0.717) is 5.02 Å². The van der Waals surface area contributed by atoms with Gasteiger partial charge in [-0.15, -0.1) is 0 Å². The maximum absolute atomic E-state index is 6.48. The molecule has 0 bridgehead atoms. The minimum Gasteiger partial charge on any atom is -0.336 e. The van der Waals surface area contributed by atoms with E-state index in [2.05, 4.69) is 11.6 Å². The molecule has 3 nitrogen and oxygen atoms in total. The van der Waals surface area contributed by atoms with Gasteiger partial charge in [-0.2, -0.15) is 0 Å². The Hall–Kier alpha value is -2.46. The fourth-order valence-electron chi connectivity index (χ4n) is 3.33. The third-order valence-electron chi connectivity index (χ3n) is 4.63. The molecule has 0 aliphatic carbocycles. The second kappa shape index (κ2) is 7.04. The molecule has 1 aliphatic heterocycles. The van der Waals surface area contributed by atoms with E-state index < -0.39 is 18.0 Å². The fraction of sp³-hybridized carbons (Fsp3) is 0.136. The van der Waals surface area contributed by atoms with Crippen LogP contribution in [0.2, 0.25) is 5.02 Å². The number of aromatic nitrogens is 1. The summed E-state index contributed by atoms with van der Waals surface area (Å²) in [5.74, 6) is 0. The summed E-state index contributed by atoms with van der Waals surface area (Å²) in [7, 11) is 0. The number of rotatable bonds is 4. The Kier molecular flexibility index (Phi) is 4.60. The van der Waals surface area contributed by atoms with Crippen molar-refractivity contribution in [1.29, 1.82) is 0 Å². The molecule has 2 aromatic carbocycles. The molecular formula is C22H18ClNO2. The van der Waals surface area contributed by atoms with Crippen LogP contribution < -0.4 is 0 Å². The van der Waals surface area contributed by atoms with E-state index in [0.717, 1.165) is 16.7 Å². The van der Waals surface area contributed by atoms with E-state index in [1.807, 2.05) is 66.7 Å². The number of hydrogen-bond donors (Lipinski definition) is 0. The van der Waals surface area contributed by atoms with Crippen LogP contribution >= 0.6 is 11.6 Å². The van der Waals surface area contributed by atoms with Crippen LogP contribution in [-0.2, 0) is 15.1 Å². The summed E-state index contributed by atoms with van der Waals surface area (Å²) in [5.41, 5.74) is 1.78. The third-order valence-corrected chi connectivity index (χ3v) is 4.97. The van der Waals surface area contributed by atoms with Crippen LogP contribution in [0.15, 0.2) is 91.8 Å². The van der Waals surface area contributed by atoms with Crippen LogP contribution in [0.5, 0.6) is 0 Å². The van der Waals surface area contributed by atoms with Gasteiger partial charge in [-0.3, -0.25) is 4.98 Å². The standard InChI is InChI=1S/C22H18ClNO2/c1-2-22(17-11-8-14-24-15-17)20(18-12-6-7-13-19(18)23)25-21(26-22)16-9-4-3-5-10-16/h2-15,20-21H,1H2. The molecule has 26 heavy (non-hydrogen) atoms. The Morgan fingerprint density at radius 2 is 1.77 bits per heavy atom. The van der Waals surface area contributed by atoms with Crippen molar-refractivity contribution in [2.45, 2.75) is 18.0 Å². The van der Waals surface area contributed by atoms with Crippen molar-refractivity contribution in [1.82, 2.24) is 4.98 Å². The highest BCUT2D eigenvalue weighted by molar-refractivity contribution is 6.31. The van der Waals surface area contributed by atoms with Gasteiger partial charge in [-0.05, 0) is 12.1 Å². The monoisotopic (exact) mass is 363 g/mol. The van der Waals surface area contributed by atoms with Crippen LogP contribution in [0, 0.1) is 0 Å². The number of pyridine rings is 1. The number of halogens is 1. The van der Waals surface area contributed by atoms with Crippen molar-refractivity contribution in [2.75, 3.05) is 0 Å². The van der Waals surface area contributed by atoms with E-state index in [4.69, 9.17) is 21.1 Å². The molecule has 4 heteroatoms. The zero-order valence-electron chi connectivity index (χ0n) is 14.1. The van der Waals surface area contributed by atoms with Crippen LogP contribution in [0.3, 0.4) is 0 Å². The molecule has 1 aliphatic rings. The lowest BCUT2D eigenvalue weighted by molar-refractivity contribution is -0.0830. The highest BCUT2D eigenvalue weighted by atomic mass is 35.5. The van der Waals surface area contributed by atoms with Crippen molar-refractivity contribution in [3.05, 3.63) is 113 Å². The van der Waals surface area contributed by atoms with E-state index in [1.54, 1.807) is 18.5 Å². The lowest BCUT2D eigenvalue weighted by Gasteiger charge is -2.30. The first-order valence-electron chi connectivity index (χ1n) is 8.41. The molecule has 1 saturated heterocycles. The Morgan fingerprint density at radius 3 is 2.46 bits per heavy atom. The quantitative estimate of drug-likeness (QED) is 0.565. The van der Waals surface area contributed by atoms with E-state index in [9.17, 15) is 0 Å². The number of benzene rings is 2. The van der Waals surface area contributed by atoms with Crippen molar-refractivity contribution in [2.24, 2.45) is 0 Å². The van der Waals surface area contributed by atoms with Crippen LogP contribution in [0.4, 0.5) is 0 Å². The molecule has 3 unspecified atom stereocenters. The zero-order valence-corrected chi connectivity index (χ0v) is 14.8. The van der Waals surface area contributed by atoms with Gasteiger partial charge in [0.05, 0.1) is 0 Å². The van der Waals surface area contributed by atoms with Gasteiger partial charge < -0.3 is 9.47 Å². The summed E-state index contributed by atoms with van der Waals surface area (Å²) in [6.45, 7) is 4.05. The van der Waals surface area contributed by atoms with Crippen LogP contribution in [-0.4, -0.2) is 4.98 Å². The van der Waals surface area contributed by atoms with Gasteiger partial charge in [0.1, 0.15) is 11.7 Å². The second-order valence-corrected chi connectivity index (χ2v) is 6.54. The van der Waals surface area contributed by atoms with Crippen molar-refractivity contribution in [3.63, 3.8) is 0 Å². The van der Waals surface area contributed by atoms with E-state index in [-0.39, 0.29) is 0 Å². The number of nitrogens with zero attached hydrogens (tertiary/aromatic N) is 1. The van der Waals surface area contributed by atoms with Gasteiger partial charge in [0.2, 0.25) is 0 Å². The van der Waals surface area contributed by atoms with E-state index >= 15 is 0 Å². The van der Waals surface area contributed by atoms with Gasteiger partial charge in [0.15, 0.2) is 6.29 Å². The molecule has 2 heterocycles. The fourth-order valence-corrected chi connectivity index (χ4v) is 3.56. The maximum Gasteiger partial charge on any atom is 0.186 e. The summed E-state index contributed by atoms with van der Waals surface area (Å²) < 4.78 is 12.8. The van der Waals surface area contributed by atoms with Gasteiger partial charge in [0, 0.05) is 34.1 Å². The smallest absolute Gasteiger partial charge is 0.186 e. The minimum absolute atomic E-state index is 0.442. The molecule has 3 atom stereocenters. The molecule has 0 saturated carbocycles. The molecule has 130 valence electrons. The molecule has 0 N–H and O–H groups in total. The molecule has 3 aromatic rings. The maximum atomic E-state index is 6.48. The Morgan fingerprint density at radius 1 is 1.00 bits per heavy atom. The molecule has 0 spiro atoms. The summed E-state index contributed by atoms with van der Waals surface area (Å²) in [4.78, 5) is 4.25. The van der Waals surface area contributed by atoms with Gasteiger partial charge in [-0.25, -0.2) is 0 Å². The second-order valence-electron chi connectivity index (χ2n) is 6.14. The molecule has 0 amide bonds. The lowest BCUT2D eigenvalue weighted by atomic mass is 9.85. The first-order valence-corrected chi connectivity index (χ1v) is 8.79. The van der Waals surface area contributed by atoms with Gasteiger partial charge in [0.25, 0.3) is 0 Å². The summed E-state index contributed by atoms with van der Waals surface area (Å²) >= 11 is 6.48. The van der Waals surface area contributed by atoms with Crippen molar-refractivity contribution in [3.8, 4) is 0 Å². The predicted molar refractivity (Wildman–Crippen MR) is 102 cm³/mol. The molecule has 1 fully saturated rings. The number of hydrogen-bond acceptors (Lipinski definition) is 3. The SMILES string of the molecule is C=CC1(c2cccnc2)OC(c2ccccc2)OC1c1ccccc1Cl. The molecule has 4 rings (SSSR count). The zero-order chi connectivity index (χ0) is 18.0.